The van der Waals surface area contributed by atoms with Crippen molar-refractivity contribution in [1.82, 2.24) is 10.6 Å². The van der Waals surface area contributed by atoms with Gasteiger partial charge in [0.1, 0.15) is 12.1 Å². The zero-order valence-electron chi connectivity index (χ0n) is 13.2. The second kappa shape index (κ2) is 7.76. The first-order chi connectivity index (χ1) is 11.0. The largest absolute Gasteiger partial charge is 0.368 e. The summed E-state index contributed by atoms with van der Waals surface area (Å²) in [4.78, 5) is 35.4. The van der Waals surface area contributed by atoms with Crippen LogP contribution in [0.3, 0.4) is 0 Å². The smallest absolute Gasteiger partial charge is 0.243 e. The second-order valence-electron chi connectivity index (χ2n) is 6.09. The lowest BCUT2D eigenvalue weighted by Gasteiger charge is -2.21. The molecular formula is C17H23N3O3. The standard InChI is InChI=1S/C17H23N3O3/c1-11(21)19-15(10-12-5-3-2-4-6-12)17(23)20-14(16(18)22)9-13-7-8-13/h2-6,13-15H,7-10H2,1H3,(H2,18,22)(H,19,21)(H,20,23)/t14-,15-/m1/s1. The van der Waals surface area contributed by atoms with E-state index >= 15 is 0 Å². The number of amides is 3. The maximum Gasteiger partial charge on any atom is 0.243 e. The van der Waals surface area contributed by atoms with Gasteiger partial charge in [0.25, 0.3) is 0 Å². The van der Waals surface area contributed by atoms with Gasteiger partial charge in [-0.05, 0) is 17.9 Å². The number of benzene rings is 1. The summed E-state index contributed by atoms with van der Waals surface area (Å²) in [5.74, 6) is -0.750. The van der Waals surface area contributed by atoms with Crippen LogP contribution >= 0.6 is 0 Å². The van der Waals surface area contributed by atoms with E-state index in [2.05, 4.69) is 10.6 Å². The zero-order valence-corrected chi connectivity index (χ0v) is 13.2. The maximum absolute atomic E-state index is 12.5. The van der Waals surface area contributed by atoms with Gasteiger partial charge in [-0.3, -0.25) is 14.4 Å². The highest BCUT2D eigenvalue weighted by molar-refractivity contribution is 5.91. The second-order valence-corrected chi connectivity index (χ2v) is 6.09. The summed E-state index contributed by atoms with van der Waals surface area (Å²) in [5.41, 5.74) is 6.30. The fourth-order valence-electron chi connectivity index (χ4n) is 2.51. The van der Waals surface area contributed by atoms with Crippen molar-refractivity contribution in [1.29, 1.82) is 0 Å². The summed E-state index contributed by atoms with van der Waals surface area (Å²) in [6.07, 6.45) is 3.07. The van der Waals surface area contributed by atoms with Crippen molar-refractivity contribution in [3.8, 4) is 0 Å². The Balaban J connectivity index is 2.02. The molecule has 6 nitrogen and oxygen atoms in total. The number of primary amides is 1. The van der Waals surface area contributed by atoms with Crippen molar-refractivity contribution >= 4 is 17.7 Å². The molecule has 124 valence electrons. The molecule has 0 aliphatic heterocycles. The molecule has 0 aromatic heterocycles. The number of carbonyl (C=O) groups excluding carboxylic acids is 3. The Bertz CT molecular complexity index is 570. The summed E-state index contributed by atoms with van der Waals surface area (Å²) in [6, 6.07) is 8.00. The molecule has 0 saturated heterocycles. The highest BCUT2D eigenvalue weighted by Gasteiger charge is 2.31. The van der Waals surface area contributed by atoms with E-state index in [0.717, 1.165) is 18.4 Å². The quantitative estimate of drug-likeness (QED) is 0.651. The molecule has 1 aromatic carbocycles. The molecule has 1 aliphatic rings. The van der Waals surface area contributed by atoms with Gasteiger partial charge >= 0.3 is 0 Å². The summed E-state index contributed by atoms with van der Waals surface area (Å²) in [6.45, 7) is 1.36. The minimum absolute atomic E-state index is 0.293. The Morgan fingerprint density at radius 3 is 2.30 bits per heavy atom. The topological polar surface area (TPSA) is 101 Å². The third-order valence-corrected chi connectivity index (χ3v) is 3.90. The molecule has 23 heavy (non-hydrogen) atoms. The summed E-state index contributed by atoms with van der Waals surface area (Å²) >= 11 is 0. The predicted octanol–water partition coefficient (Wildman–Crippen LogP) is 0.504. The summed E-state index contributed by atoms with van der Waals surface area (Å²) in [7, 11) is 0. The van der Waals surface area contributed by atoms with E-state index in [0.29, 0.717) is 18.8 Å². The Kier molecular flexibility index (Phi) is 5.73. The predicted molar refractivity (Wildman–Crippen MR) is 86.2 cm³/mol. The third-order valence-electron chi connectivity index (χ3n) is 3.90. The third kappa shape index (κ3) is 5.73. The molecule has 1 fully saturated rings. The maximum atomic E-state index is 12.5. The molecule has 0 unspecified atom stereocenters. The molecule has 0 bridgehead atoms. The van der Waals surface area contributed by atoms with Crippen LogP contribution in [0.15, 0.2) is 30.3 Å². The fraction of sp³-hybridized carbons (Fsp3) is 0.471. The lowest BCUT2D eigenvalue weighted by molar-refractivity contribution is -0.131. The van der Waals surface area contributed by atoms with E-state index in [9.17, 15) is 14.4 Å². The molecular weight excluding hydrogens is 294 g/mol. The van der Waals surface area contributed by atoms with Gasteiger partial charge in [0.15, 0.2) is 0 Å². The first-order valence-corrected chi connectivity index (χ1v) is 7.86. The summed E-state index contributed by atoms with van der Waals surface area (Å²) < 4.78 is 0. The van der Waals surface area contributed by atoms with E-state index in [1.807, 2.05) is 30.3 Å². The molecule has 6 heteroatoms. The fourth-order valence-corrected chi connectivity index (χ4v) is 2.51. The monoisotopic (exact) mass is 317 g/mol. The van der Waals surface area contributed by atoms with Gasteiger partial charge < -0.3 is 16.4 Å². The number of hydrogen-bond donors (Lipinski definition) is 3. The number of hydrogen-bond acceptors (Lipinski definition) is 3. The van der Waals surface area contributed by atoms with Gasteiger partial charge in [-0.15, -0.1) is 0 Å². The number of rotatable bonds is 8. The van der Waals surface area contributed by atoms with E-state index in [1.165, 1.54) is 6.92 Å². The molecule has 0 spiro atoms. The van der Waals surface area contributed by atoms with Crippen molar-refractivity contribution in [2.45, 2.75) is 44.7 Å². The Morgan fingerprint density at radius 2 is 1.78 bits per heavy atom. The Hall–Kier alpha value is -2.37. The molecule has 1 aromatic rings. The SMILES string of the molecule is CC(=O)N[C@H](Cc1ccccc1)C(=O)N[C@H](CC1CC1)C(N)=O. The van der Waals surface area contributed by atoms with Gasteiger partial charge in [0.05, 0.1) is 0 Å². The molecule has 1 saturated carbocycles. The molecule has 0 heterocycles. The van der Waals surface area contributed by atoms with Crippen LogP contribution in [0.25, 0.3) is 0 Å². The van der Waals surface area contributed by atoms with E-state index in [1.54, 1.807) is 0 Å². The van der Waals surface area contributed by atoms with Crippen molar-refractivity contribution in [3.63, 3.8) is 0 Å². The van der Waals surface area contributed by atoms with Gasteiger partial charge in [0.2, 0.25) is 17.7 Å². The van der Waals surface area contributed by atoms with Crippen LogP contribution in [0.4, 0.5) is 0 Å². The molecule has 2 rings (SSSR count). The molecule has 1 aliphatic carbocycles. The number of nitrogens with two attached hydrogens (primary N) is 1. The van der Waals surface area contributed by atoms with Crippen LogP contribution in [0.5, 0.6) is 0 Å². The first-order valence-electron chi connectivity index (χ1n) is 7.86. The first kappa shape index (κ1) is 17.0. The lowest BCUT2D eigenvalue weighted by atomic mass is 10.0. The Morgan fingerprint density at radius 1 is 1.13 bits per heavy atom. The van der Waals surface area contributed by atoms with Crippen molar-refractivity contribution in [2.75, 3.05) is 0 Å². The molecule has 3 amide bonds. The number of nitrogens with one attached hydrogen (secondary N) is 2. The van der Waals surface area contributed by atoms with Crippen LogP contribution in [0, 0.1) is 5.92 Å². The summed E-state index contributed by atoms with van der Waals surface area (Å²) in [5, 5.41) is 5.32. The molecule has 2 atom stereocenters. The van der Waals surface area contributed by atoms with Gasteiger partial charge in [-0.2, -0.15) is 0 Å². The average Bonchev–Trinajstić information content (AvgIpc) is 3.30. The lowest BCUT2D eigenvalue weighted by Crippen LogP contribution is -2.53. The van der Waals surface area contributed by atoms with Crippen LogP contribution < -0.4 is 16.4 Å². The molecule has 0 radical (unpaired) electrons. The minimum Gasteiger partial charge on any atom is -0.368 e. The van der Waals surface area contributed by atoms with Crippen LogP contribution in [0.2, 0.25) is 0 Å². The van der Waals surface area contributed by atoms with Crippen molar-refractivity contribution in [3.05, 3.63) is 35.9 Å². The van der Waals surface area contributed by atoms with Crippen molar-refractivity contribution < 1.29 is 14.4 Å². The zero-order chi connectivity index (χ0) is 16.8. The van der Waals surface area contributed by atoms with Crippen LogP contribution in [-0.4, -0.2) is 29.8 Å². The van der Waals surface area contributed by atoms with E-state index in [-0.39, 0.29) is 11.8 Å². The highest BCUT2D eigenvalue weighted by atomic mass is 16.2. The highest BCUT2D eigenvalue weighted by Crippen LogP contribution is 2.33. The number of carbonyl (C=O) groups is 3. The van der Waals surface area contributed by atoms with E-state index < -0.39 is 18.0 Å². The normalized spacial score (nSPS) is 16.2. The van der Waals surface area contributed by atoms with Gasteiger partial charge in [0, 0.05) is 13.3 Å². The van der Waals surface area contributed by atoms with Crippen LogP contribution in [-0.2, 0) is 20.8 Å². The Labute approximate surface area is 135 Å². The minimum atomic E-state index is -0.726. The van der Waals surface area contributed by atoms with Gasteiger partial charge in [-0.25, -0.2) is 0 Å². The molecule has 4 N–H and O–H groups in total. The van der Waals surface area contributed by atoms with Crippen molar-refractivity contribution in [2.24, 2.45) is 11.7 Å². The van der Waals surface area contributed by atoms with Gasteiger partial charge in [-0.1, -0.05) is 43.2 Å². The average molecular weight is 317 g/mol. The van der Waals surface area contributed by atoms with E-state index in [4.69, 9.17) is 5.73 Å². The van der Waals surface area contributed by atoms with Crippen LogP contribution in [0.1, 0.15) is 31.7 Å².